The quantitative estimate of drug-likeness (QED) is 0.684. The molecule has 3 N–H and O–H groups in total. The highest BCUT2D eigenvalue weighted by Gasteiger charge is 2.10. The molecule has 5 heteroatoms. The lowest BCUT2D eigenvalue weighted by atomic mass is 10.1. The number of amides is 1. The van der Waals surface area contributed by atoms with Crippen molar-refractivity contribution in [3.05, 3.63) is 47.3 Å². The molecule has 0 aliphatic heterocycles. The fourth-order valence-electron chi connectivity index (χ4n) is 2.97. The van der Waals surface area contributed by atoms with Crippen LogP contribution in [0, 0.1) is 13.8 Å². The SMILES string of the molecule is Cc1cc(C)n(-c2ccc(C(C)NC(=O)CCCCCCN)cc2)n1. The van der Waals surface area contributed by atoms with E-state index in [1.165, 1.54) is 0 Å². The van der Waals surface area contributed by atoms with Gasteiger partial charge in [-0.25, -0.2) is 4.68 Å². The molecular formula is C20H30N4O. The predicted molar refractivity (Wildman–Crippen MR) is 102 cm³/mol. The van der Waals surface area contributed by atoms with E-state index >= 15 is 0 Å². The Morgan fingerprint density at radius 3 is 2.44 bits per heavy atom. The van der Waals surface area contributed by atoms with Gasteiger partial charge in [0.2, 0.25) is 5.91 Å². The zero-order valence-corrected chi connectivity index (χ0v) is 15.6. The number of hydrogen-bond acceptors (Lipinski definition) is 3. The zero-order valence-electron chi connectivity index (χ0n) is 15.6. The molecule has 1 aromatic carbocycles. The van der Waals surface area contributed by atoms with Gasteiger partial charge in [-0.15, -0.1) is 0 Å². The lowest BCUT2D eigenvalue weighted by Crippen LogP contribution is -2.26. The average molecular weight is 342 g/mol. The van der Waals surface area contributed by atoms with Gasteiger partial charge in [-0.05, 0) is 63.9 Å². The van der Waals surface area contributed by atoms with E-state index in [0.29, 0.717) is 6.42 Å². The van der Waals surface area contributed by atoms with Gasteiger partial charge >= 0.3 is 0 Å². The van der Waals surface area contributed by atoms with Crippen LogP contribution in [0.3, 0.4) is 0 Å². The van der Waals surface area contributed by atoms with E-state index in [1.807, 2.05) is 37.6 Å². The fourth-order valence-corrected chi connectivity index (χ4v) is 2.97. The minimum absolute atomic E-state index is 0.00560. The van der Waals surface area contributed by atoms with Crippen LogP contribution in [0.25, 0.3) is 5.69 Å². The van der Waals surface area contributed by atoms with Gasteiger partial charge in [0.05, 0.1) is 17.4 Å². The summed E-state index contributed by atoms with van der Waals surface area (Å²) in [6.45, 7) is 6.79. The number of aromatic nitrogens is 2. The van der Waals surface area contributed by atoms with Gasteiger partial charge in [-0.1, -0.05) is 25.0 Å². The number of carbonyl (C=O) groups excluding carboxylic acids is 1. The van der Waals surface area contributed by atoms with E-state index < -0.39 is 0 Å². The maximum Gasteiger partial charge on any atom is 0.220 e. The summed E-state index contributed by atoms with van der Waals surface area (Å²) in [5, 5.41) is 7.57. The number of hydrogen-bond donors (Lipinski definition) is 2. The number of unbranched alkanes of at least 4 members (excludes halogenated alkanes) is 3. The largest absolute Gasteiger partial charge is 0.350 e. The summed E-state index contributed by atoms with van der Waals surface area (Å²) >= 11 is 0. The Morgan fingerprint density at radius 1 is 1.16 bits per heavy atom. The first-order valence-electron chi connectivity index (χ1n) is 9.14. The van der Waals surface area contributed by atoms with Crippen LogP contribution >= 0.6 is 0 Å². The van der Waals surface area contributed by atoms with Crippen LogP contribution in [-0.4, -0.2) is 22.2 Å². The molecule has 0 aliphatic rings. The first-order valence-corrected chi connectivity index (χ1v) is 9.14. The minimum Gasteiger partial charge on any atom is -0.350 e. The van der Waals surface area contributed by atoms with E-state index in [9.17, 15) is 4.79 Å². The van der Waals surface area contributed by atoms with E-state index in [1.54, 1.807) is 0 Å². The maximum atomic E-state index is 12.0. The molecule has 1 atom stereocenters. The molecule has 1 heterocycles. The van der Waals surface area contributed by atoms with Crippen LogP contribution in [0.15, 0.2) is 30.3 Å². The van der Waals surface area contributed by atoms with Crippen molar-refractivity contribution in [3.63, 3.8) is 0 Å². The predicted octanol–water partition coefficient (Wildman–Crippen LogP) is 3.58. The third-order valence-electron chi connectivity index (χ3n) is 4.38. The fraction of sp³-hybridized carbons (Fsp3) is 0.500. The van der Waals surface area contributed by atoms with Gasteiger partial charge in [0, 0.05) is 12.1 Å². The Labute approximate surface area is 150 Å². The summed E-state index contributed by atoms with van der Waals surface area (Å²) < 4.78 is 1.93. The number of nitrogens with zero attached hydrogens (tertiary/aromatic N) is 2. The minimum atomic E-state index is 0.00560. The monoisotopic (exact) mass is 342 g/mol. The van der Waals surface area contributed by atoms with Crippen LogP contribution in [0.5, 0.6) is 0 Å². The van der Waals surface area contributed by atoms with Gasteiger partial charge in [0.25, 0.3) is 0 Å². The van der Waals surface area contributed by atoms with Gasteiger partial charge in [0.1, 0.15) is 0 Å². The zero-order chi connectivity index (χ0) is 18.2. The van der Waals surface area contributed by atoms with Crippen molar-refractivity contribution in [1.29, 1.82) is 0 Å². The van der Waals surface area contributed by atoms with Crippen molar-refractivity contribution < 1.29 is 4.79 Å². The van der Waals surface area contributed by atoms with Crippen molar-refractivity contribution in [3.8, 4) is 5.69 Å². The summed E-state index contributed by atoms with van der Waals surface area (Å²) in [5.41, 5.74) is 9.73. The Balaban J connectivity index is 1.86. The van der Waals surface area contributed by atoms with Crippen molar-refractivity contribution in [2.45, 2.75) is 58.9 Å². The average Bonchev–Trinajstić information content (AvgIpc) is 2.93. The highest BCUT2D eigenvalue weighted by Crippen LogP contribution is 2.17. The Bertz CT molecular complexity index is 676. The molecule has 0 aliphatic carbocycles. The molecule has 0 bridgehead atoms. The Kier molecular flexibility index (Phi) is 7.19. The molecule has 2 aromatic rings. The number of carbonyl (C=O) groups is 1. The topological polar surface area (TPSA) is 72.9 Å². The summed E-state index contributed by atoms with van der Waals surface area (Å²) in [6, 6.07) is 10.3. The summed E-state index contributed by atoms with van der Waals surface area (Å²) in [7, 11) is 0. The first-order chi connectivity index (χ1) is 12.0. The van der Waals surface area contributed by atoms with Crippen LogP contribution < -0.4 is 11.1 Å². The normalized spacial score (nSPS) is 12.2. The number of aryl methyl sites for hydroxylation is 2. The molecule has 0 radical (unpaired) electrons. The number of benzene rings is 1. The first kappa shape index (κ1) is 19.2. The van der Waals surface area contributed by atoms with E-state index in [2.05, 4.69) is 28.6 Å². The van der Waals surface area contributed by atoms with Crippen LogP contribution in [-0.2, 0) is 4.79 Å². The maximum absolute atomic E-state index is 12.0. The van der Waals surface area contributed by atoms with Crippen LogP contribution in [0.4, 0.5) is 0 Å². The lowest BCUT2D eigenvalue weighted by Gasteiger charge is -2.15. The van der Waals surface area contributed by atoms with Gasteiger partial charge in [0.15, 0.2) is 0 Å². The highest BCUT2D eigenvalue weighted by atomic mass is 16.1. The van der Waals surface area contributed by atoms with Gasteiger partial charge < -0.3 is 11.1 Å². The third kappa shape index (κ3) is 5.71. The molecule has 0 spiro atoms. The van der Waals surface area contributed by atoms with Crippen molar-refractivity contribution in [2.75, 3.05) is 6.54 Å². The van der Waals surface area contributed by atoms with Crippen molar-refractivity contribution >= 4 is 5.91 Å². The molecule has 136 valence electrons. The molecule has 0 saturated heterocycles. The smallest absolute Gasteiger partial charge is 0.220 e. The summed E-state index contributed by atoms with van der Waals surface area (Å²) in [4.78, 5) is 12.0. The summed E-state index contributed by atoms with van der Waals surface area (Å²) in [6.07, 6.45) is 4.72. The molecule has 0 fully saturated rings. The van der Waals surface area contributed by atoms with Gasteiger partial charge in [-0.3, -0.25) is 4.79 Å². The Hall–Kier alpha value is -2.14. The number of rotatable bonds is 9. The second kappa shape index (κ2) is 9.37. The van der Waals surface area contributed by atoms with E-state index in [4.69, 9.17) is 5.73 Å². The molecule has 2 rings (SSSR count). The second-order valence-electron chi connectivity index (χ2n) is 6.67. The second-order valence-corrected chi connectivity index (χ2v) is 6.67. The van der Waals surface area contributed by atoms with E-state index in [0.717, 1.165) is 54.9 Å². The lowest BCUT2D eigenvalue weighted by molar-refractivity contribution is -0.121. The Morgan fingerprint density at radius 2 is 1.84 bits per heavy atom. The van der Waals surface area contributed by atoms with E-state index in [-0.39, 0.29) is 11.9 Å². The number of nitrogens with two attached hydrogens (primary N) is 1. The molecular weight excluding hydrogens is 312 g/mol. The van der Waals surface area contributed by atoms with Crippen LogP contribution in [0.2, 0.25) is 0 Å². The standard InChI is InChI=1S/C20H30N4O/c1-15-14-16(2)24(23-15)19-11-9-18(10-12-19)17(3)22-20(25)8-6-4-5-7-13-21/h9-12,14,17H,4-8,13,21H2,1-3H3,(H,22,25). The van der Waals surface area contributed by atoms with Crippen molar-refractivity contribution in [2.24, 2.45) is 5.73 Å². The van der Waals surface area contributed by atoms with Gasteiger partial charge in [-0.2, -0.15) is 5.10 Å². The molecule has 1 unspecified atom stereocenters. The summed E-state index contributed by atoms with van der Waals surface area (Å²) in [5.74, 6) is 0.114. The third-order valence-corrected chi connectivity index (χ3v) is 4.38. The van der Waals surface area contributed by atoms with Crippen LogP contribution in [0.1, 0.15) is 62.0 Å². The highest BCUT2D eigenvalue weighted by molar-refractivity contribution is 5.76. The molecule has 1 amide bonds. The number of nitrogens with one attached hydrogen (secondary N) is 1. The molecule has 1 aromatic heterocycles. The van der Waals surface area contributed by atoms with Crippen molar-refractivity contribution in [1.82, 2.24) is 15.1 Å². The molecule has 0 saturated carbocycles. The molecule has 5 nitrogen and oxygen atoms in total. The molecule has 25 heavy (non-hydrogen) atoms.